The number of allylic oxidation sites excluding steroid dienone is 2. The quantitative estimate of drug-likeness (QED) is 0.248. The summed E-state index contributed by atoms with van der Waals surface area (Å²) in [5.74, 6) is 3.79. The van der Waals surface area contributed by atoms with Crippen LogP contribution in [0, 0.1) is 37.5 Å². The Labute approximate surface area is 366 Å². The van der Waals surface area contributed by atoms with Gasteiger partial charge in [-0.1, -0.05) is 38.8 Å². The lowest BCUT2D eigenvalue weighted by molar-refractivity contribution is -0.193. The van der Waals surface area contributed by atoms with E-state index in [0.29, 0.717) is 36.1 Å². The highest BCUT2D eigenvalue weighted by atomic mass is 16.5. The van der Waals surface area contributed by atoms with Gasteiger partial charge in [-0.3, -0.25) is 14.8 Å². The first-order valence-electron chi connectivity index (χ1n) is 21.7. The highest BCUT2D eigenvalue weighted by molar-refractivity contribution is 6.05. The van der Waals surface area contributed by atoms with Crippen molar-refractivity contribution in [1.82, 2.24) is 9.80 Å². The summed E-state index contributed by atoms with van der Waals surface area (Å²) in [6, 6.07) is 8.66. The van der Waals surface area contributed by atoms with Crippen LogP contribution in [-0.2, 0) is 39.9 Å². The predicted octanol–water partition coefficient (Wildman–Crippen LogP) is 6.44. The molecule has 0 amide bonds. The number of aryl methyl sites for hydroxylation is 2. The molecule has 14 heteroatoms. The van der Waals surface area contributed by atoms with E-state index in [0.717, 1.165) is 103 Å². The zero-order valence-electron chi connectivity index (χ0n) is 38.1. The number of fused-ring (bicyclic) bond motifs is 10. The number of methoxy groups -OCH3 is 4. The minimum absolute atomic E-state index is 0.0115. The Hall–Kier alpha value is -4.81. The van der Waals surface area contributed by atoms with Crippen molar-refractivity contribution in [1.29, 1.82) is 0 Å². The number of nitrogens with zero attached hydrogens (tertiary/aromatic N) is 3. The van der Waals surface area contributed by atoms with Gasteiger partial charge in [0.05, 0.1) is 75.6 Å². The number of aliphatic imine (C=N–C) groups is 1. The highest BCUT2D eigenvalue weighted by Crippen LogP contribution is 2.55. The van der Waals surface area contributed by atoms with Gasteiger partial charge in [-0.2, -0.15) is 19.2 Å². The van der Waals surface area contributed by atoms with Crippen molar-refractivity contribution < 1.29 is 48.3 Å². The number of nitrogens with one attached hydrogen (secondary N) is 1. The van der Waals surface area contributed by atoms with E-state index in [9.17, 15) is 10.2 Å². The maximum Gasteiger partial charge on any atom is 0.373 e. The van der Waals surface area contributed by atoms with Crippen LogP contribution >= 0.6 is 0 Å². The van der Waals surface area contributed by atoms with Crippen molar-refractivity contribution in [3.05, 3.63) is 70.2 Å². The number of rotatable bonds is 8. The molecule has 0 unspecified atom stereocenters. The van der Waals surface area contributed by atoms with E-state index in [4.69, 9.17) is 43.1 Å². The van der Waals surface area contributed by atoms with Crippen molar-refractivity contribution >= 4 is 29.4 Å². The average Bonchev–Trinajstić information content (AvgIpc) is 3.74. The van der Waals surface area contributed by atoms with Gasteiger partial charge in [-0.25, -0.2) is 0 Å². The third-order valence-corrected chi connectivity index (χ3v) is 14.5. The summed E-state index contributed by atoms with van der Waals surface area (Å²) in [5.41, 5.74) is 7.43. The average molecular weight is 859 g/mol. The maximum absolute atomic E-state index is 11.9. The molecule has 0 bridgehead atoms. The predicted molar refractivity (Wildman–Crippen MR) is 233 cm³/mol. The first-order chi connectivity index (χ1) is 29.7. The molecule has 4 fully saturated rings. The number of hydrogen-bond donors (Lipinski definition) is 3. The lowest BCUT2D eigenvalue weighted by Crippen LogP contribution is -2.63. The molecule has 2 aromatic carbocycles. The first-order valence-corrected chi connectivity index (χ1v) is 21.7. The monoisotopic (exact) mass is 858 g/mol. The molecular weight excluding hydrogens is 793 g/mol. The summed E-state index contributed by atoms with van der Waals surface area (Å²) in [5, 5.41) is 27.4. The van der Waals surface area contributed by atoms with Crippen LogP contribution in [0.1, 0.15) is 88.5 Å². The van der Waals surface area contributed by atoms with Crippen LogP contribution < -0.4 is 14.8 Å². The third kappa shape index (κ3) is 8.87. The topological polar surface area (TPSA) is 177 Å². The maximum atomic E-state index is 11.9. The van der Waals surface area contributed by atoms with E-state index in [-0.39, 0.29) is 24.4 Å². The van der Waals surface area contributed by atoms with Crippen LogP contribution in [0.5, 0.6) is 11.5 Å². The molecule has 0 spiro atoms. The first kappa shape index (κ1) is 48.2. The van der Waals surface area contributed by atoms with Crippen molar-refractivity contribution in [2.75, 3.05) is 59.9 Å². The molecule has 4 saturated heterocycles. The van der Waals surface area contributed by atoms with Gasteiger partial charge in [0.2, 0.25) is 0 Å². The zero-order chi connectivity index (χ0) is 45.5. The van der Waals surface area contributed by atoms with Gasteiger partial charge in [0.15, 0.2) is 0 Å². The van der Waals surface area contributed by atoms with Crippen LogP contribution in [0.25, 0.3) is 0 Å². The summed E-state index contributed by atoms with van der Waals surface area (Å²) < 4.78 is 22.1. The molecule has 6 aliphatic rings. The van der Waals surface area contributed by atoms with Crippen molar-refractivity contribution in [2.24, 2.45) is 28.7 Å². The second-order valence-electron chi connectivity index (χ2n) is 17.5. The van der Waals surface area contributed by atoms with E-state index in [1.807, 2.05) is 38.5 Å². The number of piperidine rings is 4. The fourth-order valence-electron chi connectivity index (χ4n) is 11.6. The molecule has 0 radical (unpaired) electrons. The van der Waals surface area contributed by atoms with Gasteiger partial charge in [0.25, 0.3) is 0 Å². The lowest BCUT2D eigenvalue weighted by Gasteiger charge is -2.53. The number of hydrogen-bond acceptors (Lipinski definition) is 14. The number of aliphatic hydroxyl groups is 2. The summed E-state index contributed by atoms with van der Waals surface area (Å²) in [4.78, 5) is 42.6. The molecule has 9 atom stereocenters. The fourth-order valence-corrected chi connectivity index (χ4v) is 11.6. The third-order valence-electron chi connectivity index (χ3n) is 14.5. The Morgan fingerprint density at radius 3 is 1.85 bits per heavy atom. The van der Waals surface area contributed by atoms with Crippen LogP contribution in [0.2, 0.25) is 0 Å². The highest BCUT2D eigenvalue weighted by Gasteiger charge is 2.57. The van der Waals surface area contributed by atoms with Crippen molar-refractivity contribution in [3.63, 3.8) is 0 Å². The van der Waals surface area contributed by atoms with Crippen molar-refractivity contribution in [3.8, 4) is 11.5 Å². The molecule has 0 aliphatic carbocycles. The van der Waals surface area contributed by atoms with Crippen LogP contribution in [-0.4, -0.2) is 111 Å². The van der Waals surface area contributed by atoms with Crippen molar-refractivity contribution in [2.45, 2.75) is 109 Å². The second-order valence-corrected chi connectivity index (χ2v) is 17.5. The Morgan fingerprint density at radius 1 is 0.790 bits per heavy atom. The van der Waals surface area contributed by atoms with Gasteiger partial charge in [0.1, 0.15) is 22.7 Å². The molecular formula is C48H66N4O10. The van der Waals surface area contributed by atoms with Gasteiger partial charge in [-0.05, 0) is 111 Å². The van der Waals surface area contributed by atoms with E-state index < -0.39 is 11.2 Å². The minimum atomic E-state index is -1.02. The normalized spacial score (nSPS) is 30.6. The molecule has 14 nitrogen and oxygen atoms in total. The van der Waals surface area contributed by atoms with Gasteiger partial charge in [-0.15, -0.1) is 0 Å². The van der Waals surface area contributed by atoms with E-state index in [1.165, 1.54) is 17.6 Å². The molecule has 8 rings (SSSR count). The SMILES string of the molecule is CC[C@@H]1CN2CC[C@@]3(O)C(=Nc4ccc(C)c(OC)c43)[C@@H]2C[C@@H]1/C(C)=C\OC.CC[C@@H]1CN2CC[C@]3(O)c4c(ccc(C)c4OC)N[C@@H]3[C@@H]2C[C@@H]1/C(C)=C\OC.O=C=O.O=C=O. The largest absolute Gasteiger partial charge is 0.504 e. The molecule has 0 aromatic heterocycles. The Bertz CT molecular complexity index is 2040. The van der Waals surface area contributed by atoms with Gasteiger partial charge >= 0.3 is 12.3 Å². The smallest absolute Gasteiger partial charge is 0.373 e. The summed E-state index contributed by atoms with van der Waals surface area (Å²) in [7, 11) is 6.82. The van der Waals surface area contributed by atoms with Crippen LogP contribution in [0.3, 0.4) is 0 Å². The molecule has 62 heavy (non-hydrogen) atoms. The van der Waals surface area contributed by atoms with Gasteiger partial charge in [0, 0.05) is 37.9 Å². The fraction of sp³-hybridized carbons (Fsp3) is 0.604. The Morgan fingerprint density at radius 2 is 1.31 bits per heavy atom. The van der Waals surface area contributed by atoms with E-state index in [2.05, 4.69) is 54.9 Å². The number of benzene rings is 2. The Kier molecular flexibility index (Phi) is 16.0. The molecule has 2 aromatic rings. The molecule has 6 aliphatic heterocycles. The number of ether oxygens (including phenoxy) is 4. The van der Waals surface area contributed by atoms with Gasteiger partial charge < -0.3 is 34.5 Å². The Balaban J connectivity index is 0.000000208. The summed E-state index contributed by atoms with van der Waals surface area (Å²) in [6.45, 7) is 16.9. The second kappa shape index (κ2) is 20.6. The standard InChI is InChI=1S/C23H34N2O3.C23H32N2O3.2CO2/c2*1-6-16-12-25-10-9-23(26)20-18(8-7-14(2)21(20)28-5)24-22(23)19(25)11-17(16)15(3)13-27-4;2*2-1-3/h7-8,13,16-17,19,22,24,26H,6,9-12H2,1-5H3;7-8,13,16-17,19,26H,6,9-12H2,1-5H3;;/b2*15-13-;;/t16-,17-,19+,22-,23+;16-,17-,19+,23+;;/m11../s1. The van der Waals surface area contributed by atoms with Crippen LogP contribution in [0.15, 0.2) is 52.9 Å². The number of anilines is 1. The molecule has 0 saturated carbocycles. The minimum Gasteiger partial charge on any atom is -0.504 e. The van der Waals surface area contributed by atoms with E-state index in [1.54, 1.807) is 28.4 Å². The van der Waals surface area contributed by atoms with Crippen LogP contribution in [0.4, 0.5) is 11.4 Å². The number of carbonyl (C=O) groups excluding carboxylic acids is 4. The lowest BCUT2D eigenvalue weighted by atomic mass is 9.69. The zero-order valence-corrected chi connectivity index (χ0v) is 38.1. The molecule has 6 heterocycles. The van der Waals surface area contributed by atoms with E-state index >= 15 is 0 Å². The summed E-state index contributed by atoms with van der Waals surface area (Å²) >= 11 is 0. The molecule has 338 valence electrons. The summed E-state index contributed by atoms with van der Waals surface area (Å²) in [6.07, 6.45) is 10.0. The molecule has 3 N–H and O–H groups in total.